The number of rotatable bonds is 1. The summed E-state index contributed by atoms with van der Waals surface area (Å²) in [5, 5.41) is 0. The molecule has 1 aliphatic rings. The van der Waals surface area contributed by atoms with E-state index in [-0.39, 0.29) is 24.2 Å². The van der Waals surface area contributed by atoms with Gasteiger partial charge in [-0.05, 0) is 55.6 Å². The Balaban J connectivity index is 2.02. The van der Waals surface area contributed by atoms with Gasteiger partial charge in [-0.3, -0.25) is 0 Å². The number of hydrogen-bond acceptors (Lipinski definition) is 4. The maximum Gasteiger partial charge on any atom is 0.410 e. The van der Waals surface area contributed by atoms with E-state index >= 15 is 0 Å². The van der Waals surface area contributed by atoms with Crippen LogP contribution in [-0.2, 0) is 4.74 Å². The van der Waals surface area contributed by atoms with Crippen LogP contribution in [0.25, 0.3) is 0 Å². The summed E-state index contributed by atoms with van der Waals surface area (Å²) in [5.41, 5.74) is 0.0793. The monoisotopic (exact) mass is 343 g/mol. The number of nitrogens with zero attached hydrogens (tertiary/aromatic N) is 3. The van der Waals surface area contributed by atoms with Gasteiger partial charge in [-0.25, -0.2) is 14.8 Å². The molecular formula is C14H20BrN3O2. The van der Waals surface area contributed by atoms with Gasteiger partial charge in [-0.1, -0.05) is 0 Å². The van der Waals surface area contributed by atoms with Crippen molar-refractivity contribution in [1.82, 2.24) is 14.9 Å². The second-order valence-electron chi connectivity index (χ2n) is 5.86. The molecule has 2 heterocycles. The highest BCUT2D eigenvalue weighted by Crippen LogP contribution is 2.27. The third kappa shape index (κ3) is 4.16. The minimum Gasteiger partial charge on any atom is -0.444 e. The van der Waals surface area contributed by atoms with Crippen molar-refractivity contribution in [3.05, 3.63) is 22.6 Å². The van der Waals surface area contributed by atoms with E-state index in [1.165, 1.54) is 0 Å². The number of aromatic nitrogens is 2. The van der Waals surface area contributed by atoms with Gasteiger partial charge in [-0.2, -0.15) is 0 Å². The highest BCUT2D eigenvalue weighted by Gasteiger charge is 2.27. The third-order valence-corrected chi connectivity index (χ3v) is 3.43. The van der Waals surface area contributed by atoms with Crippen LogP contribution in [-0.4, -0.2) is 39.7 Å². The van der Waals surface area contributed by atoms with Crippen LogP contribution in [0, 0.1) is 0 Å². The molecule has 1 saturated heterocycles. The molecular weight excluding hydrogens is 322 g/mol. The molecule has 0 N–H and O–H groups in total. The maximum atomic E-state index is 12.0. The van der Waals surface area contributed by atoms with Crippen LogP contribution >= 0.6 is 15.9 Å². The molecule has 1 aliphatic heterocycles. The van der Waals surface area contributed by atoms with Crippen LogP contribution in [0.4, 0.5) is 4.79 Å². The first-order chi connectivity index (χ1) is 10.2. The summed E-state index contributed by atoms with van der Waals surface area (Å²) in [6.07, 6.45) is 1.02. The second kappa shape index (κ2) is 6.08. The Kier molecular flexibility index (Phi) is 3.82. The molecule has 1 amide bonds. The molecule has 5 nitrogen and oxygen atoms in total. The lowest BCUT2D eigenvalue weighted by Gasteiger charge is -2.33. The Morgan fingerprint density at radius 2 is 2.15 bits per heavy atom. The summed E-state index contributed by atoms with van der Waals surface area (Å²) in [4.78, 5) is 21.8. The van der Waals surface area contributed by atoms with Crippen LogP contribution in [0.3, 0.4) is 0 Å². The second-order valence-corrected chi connectivity index (χ2v) is 6.57. The minimum atomic E-state index is -0.500. The number of piperidine rings is 1. The Morgan fingerprint density at radius 3 is 2.75 bits per heavy atom. The molecule has 0 saturated carbocycles. The molecule has 1 fully saturated rings. The molecule has 0 radical (unpaired) electrons. The zero-order chi connectivity index (χ0) is 16.5. The molecule has 1 aromatic rings. The largest absolute Gasteiger partial charge is 0.444 e. The zero-order valence-corrected chi connectivity index (χ0v) is 13.5. The van der Waals surface area contributed by atoms with Crippen LogP contribution in [0.15, 0.2) is 16.9 Å². The van der Waals surface area contributed by atoms with Gasteiger partial charge in [0.05, 0.1) is 2.74 Å². The highest BCUT2D eigenvalue weighted by atomic mass is 79.9. The number of ether oxygens (including phenoxy) is 1. The first-order valence-corrected chi connectivity index (χ1v) is 7.45. The average molecular weight is 344 g/mol. The first kappa shape index (κ1) is 12.6. The van der Waals surface area contributed by atoms with Gasteiger partial charge in [0.2, 0.25) is 0 Å². The molecule has 0 aliphatic carbocycles. The maximum absolute atomic E-state index is 12.0. The van der Waals surface area contributed by atoms with Gasteiger partial charge < -0.3 is 9.64 Å². The van der Waals surface area contributed by atoms with Crippen molar-refractivity contribution < 1.29 is 12.3 Å². The normalized spacial score (nSPS) is 18.5. The van der Waals surface area contributed by atoms with Crippen molar-refractivity contribution in [2.24, 2.45) is 0 Å². The SMILES string of the molecule is [2H]c1nc(Br)nc(C2CCN(C(=O)OC(C)(C)C)CC2)c1[2H]. The predicted octanol–water partition coefficient (Wildman–Crippen LogP) is 3.35. The molecule has 110 valence electrons. The van der Waals surface area contributed by atoms with Crippen LogP contribution in [0.1, 0.15) is 48.0 Å². The summed E-state index contributed by atoms with van der Waals surface area (Å²) < 4.78 is 21.3. The van der Waals surface area contributed by atoms with Gasteiger partial charge in [0.1, 0.15) is 5.60 Å². The van der Waals surface area contributed by atoms with Crippen molar-refractivity contribution in [2.75, 3.05) is 13.1 Å². The molecule has 20 heavy (non-hydrogen) atoms. The highest BCUT2D eigenvalue weighted by molar-refractivity contribution is 9.10. The van der Waals surface area contributed by atoms with Crippen molar-refractivity contribution in [3.8, 4) is 0 Å². The van der Waals surface area contributed by atoms with E-state index in [4.69, 9.17) is 7.48 Å². The summed E-state index contributed by atoms with van der Waals surface area (Å²) in [5.74, 6) is 0.0644. The number of likely N-dealkylation sites (tertiary alicyclic amines) is 1. The zero-order valence-electron chi connectivity index (χ0n) is 13.9. The van der Waals surface area contributed by atoms with Gasteiger partial charge in [-0.15, -0.1) is 0 Å². The Hall–Kier alpha value is -1.17. The smallest absolute Gasteiger partial charge is 0.410 e. The summed E-state index contributed by atoms with van der Waals surface area (Å²) in [6, 6.07) is 0.0684. The summed E-state index contributed by atoms with van der Waals surface area (Å²) in [7, 11) is 0. The van der Waals surface area contributed by atoms with E-state index in [0.717, 1.165) is 0 Å². The fraction of sp³-hybridized carbons (Fsp3) is 0.643. The van der Waals surface area contributed by atoms with Gasteiger partial charge >= 0.3 is 6.09 Å². The van der Waals surface area contributed by atoms with Crippen molar-refractivity contribution in [2.45, 2.75) is 45.1 Å². The number of amides is 1. The van der Waals surface area contributed by atoms with Crippen LogP contribution in [0.2, 0.25) is 0 Å². The van der Waals surface area contributed by atoms with Crippen LogP contribution in [0.5, 0.6) is 0 Å². The molecule has 1 aromatic heterocycles. The van der Waals surface area contributed by atoms with Gasteiger partial charge in [0.15, 0.2) is 4.73 Å². The van der Waals surface area contributed by atoms with Crippen molar-refractivity contribution in [1.29, 1.82) is 0 Å². The summed E-state index contributed by atoms with van der Waals surface area (Å²) >= 11 is 3.17. The van der Waals surface area contributed by atoms with E-state index in [0.29, 0.717) is 36.4 Å². The lowest BCUT2D eigenvalue weighted by atomic mass is 9.93. The van der Waals surface area contributed by atoms with E-state index in [2.05, 4.69) is 25.9 Å². The number of hydrogen-bond donors (Lipinski definition) is 0. The van der Waals surface area contributed by atoms with Gasteiger partial charge in [0.25, 0.3) is 0 Å². The summed E-state index contributed by atoms with van der Waals surface area (Å²) in [6.45, 7) is 6.66. The van der Waals surface area contributed by atoms with E-state index < -0.39 is 5.60 Å². The molecule has 0 aromatic carbocycles. The third-order valence-electron chi connectivity index (χ3n) is 3.08. The molecule has 0 unspecified atom stereocenters. The Bertz CT molecular complexity index is 570. The molecule has 0 bridgehead atoms. The Morgan fingerprint density at radius 1 is 1.50 bits per heavy atom. The van der Waals surface area contributed by atoms with Gasteiger partial charge in [0, 0.05) is 30.9 Å². The van der Waals surface area contributed by atoms with E-state index in [9.17, 15) is 4.79 Å². The molecule has 0 atom stereocenters. The van der Waals surface area contributed by atoms with Crippen molar-refractivity contribution in [3.63, 3.8) is 0 Å². The predicted molar refractivity (Wildman–Crippen MR) is 79.5 cm³/mol. The fourth-order valence-electron chi connectivity index (χ4n) is 2.14. The quantitative estimate of drug-likeness (QED) is 0.733. The van der Waals surface area contributed by atoms with E-state index in [1.807, 2.05) is 20.8 Å². The van der Waals surface area contributed by atoms with Crippen molar-refractivity contribution >= 4 is 22.0 Å². The first-order valence-electron chi connectivity index (χ1n) is 7.66. The molecule has 2 rings (SSSR count). The fourth-order valence-corrected chi connectivity index (χ4v) is 2.42. The van der Waals surface area contributed by atoms with Crippen LogP contribution < -0.4 is 0 Å². The average Bonchev–Trinajstić information content (AvgIpc) is 2.41. The number of halogens is 1. The standard InChI is InChI=1S/C14H20BrN3O2/c1-14(2,3)20-13(19)18-8-5-10(6-9-18)11-4-7-16-12(15)17-11/h4,7,10H,5-6,8-9H2,1-3H3/i4D,7D. The van der Waals surface area contributed by atoms with E-state index in [1.54, 1.807) is 4.90 Å². The number of carbonyl (C=O) groups is 1. The number of carbonyl (C=O) groups excluding carboxylic acids is 1. The topological polar surface area (TPSA) is 55.3 Å². The lowest BCUT2D eigenvalue weighted by Crippen LogP contribution is -2.41. The Labute approximate surface area is 130 Å². The lowest BCUT2D eigenvalue weighted by molar-refractivity contribution is 0.0204. The minimum absolute atomic E-state index is 0.0644. The molecule has 6 heteroatoms. The molecule has 0 spiro atoms.